The van der Waals surface area contributed by atoms with Crippen molar-refractivity contribution in [2.75, 3.05) is 19.8 Å². The summed E-state index contributed by atoms with van der Waals surface area (Å²) in [5.74, 6) is 0. The maximum Gasteiger partial charge on any atom is 0.0859 e. The molecule has 0 saturated carbocycles. The number of terminal acetylenes is 1. The first-order valence-electron chi connectivity index (χ1n) is 5.07. The normalized spacial score (nSPS) is 16.8. The Morgan fingerprint density at radius 2 is 2.62 bits per heavy atom. The molecule has 1 rings (SSSR count). The standard InChI is InChI=1S/C12H16N4/c1-2-16-12(6-8-15-10-13)11-5-3-4-7-14-9-11/h1,3-6,8,14,16H,7,9-10,13H2/b12-6-,15-8-. The van der Waals surface area contributed by atoms with E-state index in [2.05, 4.69) is 27.7 Å². The van der Waals surface area contributed by atoms with Crippen molar-refractivity contribution < 1.29 is 0 Å². The van der Waals surface area contributed by atoms with Gasteiger partial charge in [-0.05, 0) is 11.6 Å². The number of nitrogens with zero attached hydrogens (tertiary/aromatic N) is 1. The first-order valence-corrected chi connectivity index (χ1v) is 5.07. The molecule has 0 aromatic rings. The van der Waals surface area contributed by atoms with E-state index < -0.39 is 0 Å². The van der Waals surface area contributed by atoms with Crippen molar-refractivity contribution in [3.63, 3.8) is 0 Å². The average Bonchev–Trinajstić information content (AvgIpc) is 2.57. The van der Waals surface area contributed by atoms with E-state index in [0.717, 1.165) is 24.4 Å². The monoisotopic (exact) mass is 216 g/mol. The Labute approximate surface area is 96.0 Å². The lowest BCUT2D eigenvalue weighted by molar-refractivity contribution is 0.817. The summed E-state index contributed by atoms with van der Waals surface area (Å²) in [4.78, 5) is 3.91. The molecule has 0 aromatic carbocycles. The van der Waals surface area contributed by atoms with Crippen molar-refractivity contribution >= 4 is 6.21 Å². The van der Waals surface area contributed by atoms with Crippen LogP contribution in [0, 0.1) is 12.5 Å². The molecule has 0 aliphatic carbocycles. The van der Waals surface area contributed by atoms with Gasteiger partial charge < -0.3 is 16.4 Å². The molecule has 0 bridgehead atoms. The molecule has 0 aromatic heterocycles. The molecule has 1 aliphatic rings. The summed E-state index contributed by atoms with van der Waals surface area (Å²) in [5, 5.41) is 6.11. The Kier molecular flexibility index (Phi) is 5.71. The Morgan fingerprint density at radius 3 is 3.38 bits per heavy atom. The van der Waals surface area contributed by atoms with Gasteiger partial charge in [-0.1, -0.05) is 24.7 Å². The number of allylic oxidation sites excluding steroid dienone is 3. The largest absolute Gasteiger partial charge is 0.315 e. The molecule has 4 heteroatoms. The molecule has 0 amide bonds. The molecule has 0 spiro atoms. The summed E-state index contributed by atoms with van der Waals surface area (Å²) >= 11 is 0. The lowest BCUT2D eigenvalue weighted by Crippen LogP contribution is -2.20. The van der Waals surface area contributed by atoms with Crippen molar-refractivity contribution in [1.82, 2.24) is 10.6 Å². The third-order valence-electron chi connectivity index (χ3n) is 2.02. The summed E-state index contributed by atoms with van der Waals surface area (Å²) in [7, 11) is 0. The van der Waals surface area contributed by atoms with E-state index in [9.17, 15) is 0 Å². The summed E-state index contributed by atoms with van der Waals surface area (Å²) in [5.41, 5.74) is 7.22. The van der Waals surface area contributed by atoms with Gasteiger partial charge in [0.15, 0.2) is 0 Å². The Hall–Kier alpha value is -1.83. The molecule has 0 radical (unpaired) electrons. The minimum Gasteiger partial charge on any atom is -0.315 e. The van der Waals surface area contributed by atoms with Gasteiger partial charge in [0.2, 0.25) is 0 Å². The van der Waals surface area contributed by atoms with Crippen molar-refractivity contribution in [1.29, 1.82) is 0 Å². The van der Waals surface area contributed by atoms with Crippen LogP contribution < -0.4 is 16.4 Å². The van der Waals surface area contributed by atoms with Gasteiger partial charge in [0.1, 0.15) is 0 Å². The summed E-state index contributed by atoms with van der Waals surface area (Å²) in [6.45, 7) is 1.90. The van der Waals surface area contributed by atoms with Gasteiger partial charge in [0, 0.05) is 25.3 Å². The molecule has 0 saturated heterocycles. The Bertz CT molecular complexity index is 369. The molecule has 84 valence electrons. The van der Waals surface area contributed by atoms with Crippen molar-refractivity contribution in [3.05, 3.63) is 35.6 Å². The third kappa shape index (κ3) is 4.13. The van der Waals surface area contributed by atoms with Crippen molar-refractivity contribution in [2.45, 2.75) is 0 Å². The highest BCUT2D eigenvalue weighted by Gasteiger charge is 2.03. The zero-order chi connectivity index (χ0) is 11.6. The number of aliphatic imine (C=N–C) groups is 1. The maximum atomic E-state index is 5.27. The second kappa shape index (κ2) is 7.46. The topological polar surface area (TPSA) is 62.4 Å². The van der Waals surface area contributed by atoms with Crippen LogP contribution in [0.5, 0.6) is 0 Å². The molecule has 1 aliphatic heterocycles. The van der Waals surface area contributed by atoms with Crippen LogP contribution in [0.15, 0.2) is 40.6 Å². The molecule has 4 nitrogen and oxygen atoms in total. The van der Waals surface area contributed by atoms with Crippen LogP contribution in [0.25, 0.3) is 0 Å². The second-order valence-electron chi connectivity index (χ2n) is 3.11. The number of rotatable bonds is 4. The predicted octanol–water partition coefficient (Wildman–Crippen LogP) is 0.123. The second-order valence-corrected chi connectivity index (χ2v) is 3.11. The summed E-state index contributed by atoms with van der Waals surface area (Å²) in [6, 6.07) is 2.41. The first-order chi connectivity index (χ1) is 7.88. The highest BCUT2D eigenvalue weighted by Crippen LogP contribution is 2.07. The third-order valence-corrected chi connectivity index (χ3v) is 2.02. The number of hydrogen-bond acceptors (Lipinski definition) is 4. The highest BCUT2D eigenvalue weighted by atomic mass is 14.9. The van der Waals surface area contributed by atoms with Crippen LogP contribution in [0.1, 0.15) is 0 Å². The predicted molar refractivity (Wildman–Crippen MR) is 67.7 cm³/mol. The van der Waals surface area contributed by atoms with E-state index in [1.165, 1.54) is 0 Å². The van der Waals surface area contributed by atoms with E-state index in [4.69, 9.17) is 12.2 Å². The fourth-order valence-corrected chi connectivity index (χ4v) is 1.28. The molecule has 16 heavy (non-hydrogen) atoms. The molecule has 0 fully saturated rings. The van der Waals surface area contributed by atoms with Gasteiger partial charge in [-0.2, -0.15) is 0 Å². The zero-order valence-corrected chi connectivity index (χ0v) is 9.11. The molecule has 1 heterocycles. The van der Waals surface area contributed by atoms with Crippen LogP contribution in [0.3, 0.4) is 0 Å². The SMILES string of the molecule is C#CN/C(=C\C=N/CN)C1=CC=CCNC1. The Morgan fingerprint density at radius 1 is 1.75 bits per heavy atom. The lowest BCUT2D eigenvalue weighted by atomic mass is 10.1. The molecule has 4 N–H and O–H groups in total. The van der Waals surface area contributed by atoms with Crippen LogP contribution in [-0.4, -0.2) is 26.0 Å². The number of hydrogen-bond donors (Lipinski definition) is 3. The maximum absolute atomic E-state index is 5.27. The van der Waals surface area contributed by atoms with E-state index in [1.54, 1.807) is 6.21 Å². The number of nitrogens with one attached hydrogen (secondary N) is 2. The first kappa shape index (κ1) is 12.2. The molecular weight excluding hydrogens is 200 g/mol. The summed E-state index contributed by atoms with van der Waals surface area (Å²) < 4.78 is 0. The quantitative estimate of drug-likeness (QED) is 0.355. The van der Waals surface area contributed by atoms with E-state index in [0.29, 0.717) is 0 Å². The highest BCUT2D eigenvalue weighted by molar-refractivity contribution is 5.73. The molecule has 0 unspecified atom stereocenters. The van der Waals surface area contributed by atoms with Gasteiger partial charge in [-0.3, -0.25) is 4.99 Å². The van der Waals surface area contributed by atoms with Crippen LogP contribution in [0.2, 0.25) is 0 Å². The summed E-state index contributed by atoms with van der Waals surface area (Å²) in [6.07, 6.45) is 14.8. The van der Waals surface area contributed by atoms with E-state index in [-0.39, 0.29) is 6.67 Å². The van der Waals surface area contributed by atoms with Crippen LogP contribution in [-0.2, 0) is 0 Å². The van der Waals surface area contributed by atoms with Gasteiger partial charge in [-0.25, -0.2) is 0 Å². The number of nitrogens with two attached hydrogens (primary N) is 1. The van der Waals surface area contributed by atoms with Crippen LogP contribution in [0.4, 0.5) is 0 Å². The van der Waals surface area contributed by atoms with Gasteiger partial charge in [0.25, 0.3) is 0 Å². The minimum absolute atomic E-state index is 0.275. The fourth-order valence-electron chi connectivity index (χ4n) is 1.28. The zero-order valence-electron chi connectivity index (χ0n) is 9.11. The molecular formula is C12H16N4. The average molecular weight is 216 g/mol. The fraction of sp³-hybridized carbons (Fsp3) is 0.250. The van der Waals surface area contributed by atoms with E-state index >= 15 is 0 Å². The van der Waals surface area contributed by atoms with Crippen LogP contribution >= 0.6 is 0 Å². The Balaban J connectivity index is 2.80. The van der Waals surface area contributed by atoms with Gasteiger partial charge in [-0.15, -0.1) is 0 Å². The molecule has 0 atom stereocenters. The van der Waals surface area contributed by atoms with Crippen molar-refractivity contribution in [2.24, 2.45) is 10.7 Å². The van der Waals surface area contributed by atoms with E-state index in [1.807, 2.05) is 18.2 Å². The van der Waals surface area contributed by atoms with Gasteiger partial charge in [0.05, 0.1) is 12.4 Å². The van der Waals surface area contributed by atoms with Crippen molar-refractivity contribution in [3.8, 4) is 12.5 Å². The van der Waals surface area contributed by atoms with Gasteiger partial charge >= 0.3 is 0 Å². The smallest absolute Gasteiger partial charge is 0.0859 e. The minimum atomic E-state index is 0.275. The lowest BCUT2D eigenvalue weighted by Gasteiger charge is -2.09.